The number of aliphatic imine (C=N–C) groups is 1. The van der Waals surface area contributed by atoms with Crippen molar-refractivity contribution in [3.05, 3.63) is 36.2 Å². The van der Waals surface area contributed by atoms with Gasteiger partial charge in [-0.15, -0.1) is 0 Å². The highest BCUT2D eigenvalue weighted by molar-refractivity contribution is 5.63. The first kappa shape index (κ1) is 10.6. The van der Waals surface area contributed by atoms with Crippen molar-refractivity contribution in [3.63, 3.8) is 0 Å². The maximum absolute atomic E-state index is 4.62. The lowest BCUT2D eigenvalue weighted by atomic mass is 9.79. The van der Waals surface area contributed by atoms with Crippen LogP contribution in [0.3, 0.4) is 0 Å². The highest BCUT2D eigenvalue weighted by Crippen LogP contribution is 2.33. The summed E-state index contributed by atoms with van der Waals surface area (Å²) in [6, 6.07) is 0. The summed E-state index contributed by atoms with van der Waals surface area (Å²) in [5.74, 6) is 1.80. The fourth-order valence-corrected chi connectivity index (χ4v) is 2.87. The second kappa shape index (κ2) is 4.40. The summed E-state index contributed by atoms with van der Waals surface area (Å²) in [7, 11) is 1.97. The van der Waals surface area contributed by atoms with Crippen molar-refractivity contribution in [1.29, 1.82) is 0 Å². The second-order valence-electron chi connectivity index (χ2n) is 5.00. The van der Waals surface area contributed by atoms with Gasteiger partial charge >= 0.3 is 0 Å². The molecule has 0 radical (unpaired) electrons. The Hall–Kier alpha value is -1.51. The van der Waals surface area contributed by atoms with Crippen molar-refractivity contribution >= 4 is 6.21 Å². The van der Waals surface area contributed by atoms with Gasteiger partial charge in [-0.2, -0.15) is 0 Å². The maximum atomic E-state index is 4.62. The molecule has 3 aliphatic rings. The molecular weight excluding hydrogens is 210 g/mol. The molecule has 4 unspecified atom stereocenters. The van der Waals surface area contributed by atoms with Crippen molar-refractivity contribution in [3.8, 4) is 0 Å². The first-order valence-electron chi connectivity index (χ1n) is 6.39. The molecule has 17 heavy (non-hydrogen) atoms. The number of fused-ring (bicyclic) bond motifs is 1. The van der Waals surface area contributed by atoms with Gasteiger partial charge in [0.25, 0.3) is 0 Å². The van der Waals surface area contributed by atoms with Crippen LogP contribution in [0.5, 0.6) is 0 Å². The number of hydrogen-bond acceptors (Lipinski definition) is 3. The van der Waals surface area contributed by atoms with Crippen LogP contribution in [-0.4, -0.2) is 19.4 Å². The van der Waals surface area contributed by atoms with Gasteiger partial charge in [-0.25, -0.2) is 0 Å². The molecule has 0 amide bonds. The molecule has 0 saturated carbocycles. The lowest BCUT2D eigenvalue weighted by Crippen LogP contribution is -2.33. The first-order valence-corrected chi connectivity index (χ1v) is 6.39. The molecule has 1 aliphatic carbocycles. The summed E-state index contributed by atoms with van der Waals surface area (Å²) < 4.78 is 0. The minimum Gasteiger partial charge on any atom is -0.388 e. The molecule has 0 bridgehead atoms. The third-order valence-electron chi connectivity index (χ3n) is 3.97. The highest BCUT2D eigenvalue weighted by atomic mass is 15.1. The topological polar surface area (TPSA) is 36.4 Å². The Bertz CT molecular complexity index is 406. The van der Waals surface area contributed by atoms with E-state index in [4.69, 9.17) is 0 Å². The highest BCUT2D eigenvalue weighted by Gasteiger charge is 2.31. The predicted octanol–water partition coefficient (Wildman–Crippen LogP) is 1.82. The molecule has 0 aromatic carbocycles. The van der Waals surface area contributed by atoms with Crippen LogP contribution in [0.15, 0.2) is 41.2 Å². The maximum Gasteiger partial charge on any atom is 0.124 e. The number of allylic oxidation sites excluding steroid dienone is 3. The number of nitrogens with one attached hydrogen (secondary N) is 2. The standard InChI is InChI=1S/C14H19N3/c1-15-13-4-2-10(3-5-13)12-8-11-6-7-16-14(11)17-9-12/h2,4-7,9-12,14-16H,3,8H2,1H3. The van der Waals surface area contributed by atoms with Crippen LogP contribution < -0.4 is 10.6 Å². The van der Waals surface area contributed by atoms with E-state index in [1.54, 1.807) is 0 Å². The van der Waals surface area contributed by atoms with Crippen molar-refractivity contribution in [2.75, 3.05) is 7.05 Å². The predicted molar refractivity (Wildman–Crippen MR) is 70.5 cm³/mol. The Morgan fingerprint density at radius 2 is 2.24 bits per heavy atom. The molecule has 90 valence electrons. The van der Waals surface area contributed by atoms with E-state index in [1.165, 1.54) is 12.1 Å². The van der Waals surface area contributed by atoms with Gasteiger partial charge in [0.15, 0.2) is 0 Å². The van der Waals surface area contributed by atoms with Crippen molar-refractivity contribution in [1.82, 2.24) is 10.6 Å². The van der Waals surface area contributed by atoms with E-state index in [0.717, 1.165) is 6.42 Å². The van der Waals surface area contributed by atoms with Crippen molar-refractivity contribution < 1.29 is 0 Å². The Balaban J connectivity index is 1.67. The normalized spacial score (nSPS) is 38.5. The minimum absolute atomic E-state index is 0.308. The minimum atomic E-state index is 0.308. The molecule has 0 spiro atoms. The van der Waals surface area contributed by atoms with E-state index >= 15 is 0 Å². The zero-order valence-corrected chi connectivity index (χ0v) is 10.1. The molecule has 3 heteroatoms. The van der Waals surface area contributed by atoms with E-state index in [2.05, 4.69) is 46.1 Å². The zero-order valence-electron chi connectivity index (χ0n) is 10.1. The molecule has 2 heterocycles. The number of nitrogens with zero attached hydrogens (tertiary/aromatic N) is 1. The summed E-state index contributed by atoms with van der Waals surface area (Å²) in [5, 5.41) is 6.46. The van der Waals surface area contributed by atoms with Gasteiger partial charge < -0.3 is 10.6 Å². The molecule has 3 nitrogen and oxygen atoms in total. The number of hydrogen-bond donors (Lipinski definition) is 2. The van der Waals surface area contributed by atoms with Crippen LogP contribution in [0.25, 0.3) is 0 Å². The van der Waals surface area contributed by atoms with E-state index in [9.17, 15) is 0 Å². The van der Waals surface area contributed by atoms with E-state index in [-0.39, 0.29) is 0 Å². The summed E-state index contributed by atoms with van der Waals surface area (Å²) in [5.41, 5.74) is 1.23. The molecule has 0 saturated heterocycles. The smallest absolute Gasteiger partial charge is 0.124 e. The Labute approximate surface area is 102 Å². The largest absolute Gasteiger partial charge is 0.388 e. The number of likely N-dealkylation sites (N-methyl/N-ethyl adjacent to an activating group) is 1. The SMILES string of the molecule is CNC1=CCC(C2C=NC3NC=CC3C2)C=C1. The third-order valence-corrected chi connectivity index (χ3v) is 3.97. The monoisotopic (exact) mass is 229 g/mol. The van der Waals surface area contributed by atoms with Crippen LogP contribution in [0.1, 0.15) is 12.8 Å². The summed E-state index contributed by atoms with van der Waals surface area (Å²) >= 11 is 0. The van der Waals surface area contributed by atoms with Gasteiger partial charge in [0.2, 0.25) is 0 Å². The van der Waals surface area contributed by atoms with E-state index in [0.29, 0.717) is 23.9 Å². The molecule has 2 N–H and O–H groups in total. The molecule has 4 atom stereocenters. The molecule has 0 aromatic rings. The van der Waals surface area contributed by atoms with Crippen LogP contribution >= 0.6 is 0 Å². The molecular formula is C14H19N3. The number of rotatable bonds is 2. The van der Waals surface area contributed by atoms with Gasteiger partial charge in [0.05, 0.1) is 0 Å². The van der Waals surface area contributed by atoms with Crippen LogP contribution in [0, 0.1) is 17.8 Å². The average molecular weight is 229 g/mol. The summed E-state index contributed by atoms with van der Waals surface area (Å²) in [4.78, 5) is 4.62. The lowest BCUT2D eigenvalue weighted by Gasteiger charge is -2.30. The van der Waals surface area contributed by atoms with Crippen LogP contribution in [0.2, 0.25) is 0 Å². The Morgan fingerprint density at radius 1 is 1.29 bits per heavy atom. The summed E-state index contributed by atoms with van der Waals surface area (Å²) in [6.45, 7) is 0. The lowest BCUT2D eigenvalue weighted by molar-refractivity contribution is 0.356. The van der Waals surface area contributed by atoms with Crippen LogP contribution in [0.4, 0.5) is 0 Å². The zero-order chi connectivity index (χ0) is 11.7. The first-order chi connectivity index (χ1) is 8.36. The van der Waals surface area contributed by atoms with E-state index < -0.39 is 0 Å². The molecule has 0 aromatic heterocycles. The molecule has 0 fully saturated rings. The molecule has 3 rings (SSSR count). The Morgan fingerprint density at radius 3 is 3.00 bits per heavy atom. The van der Waals surface area contributed by atoms with Gasteiger partial charge in [-0.1, -0.05) is 18.2 Å². The van der Waals surface area contributed by atoms with Gasteiger partial charge in [0, 0.05) is 30.8 Å². The summed E-state index contributed by atoms with van der Waals surface area (Å²) in [6.07, 6.45) is 15.9. The van der Waals surface area contributed by atoms with Crippen molar-refractivity contribution in [2.45, 2.75) is 19.0 Å². The van der Waals surface area contributed by atoms with Crippen molar-refractivity contribution in [2.24, 2.45) is 22.7 Å². The quantitative estimate of drug-likeness (QED) is 0.757. The fourth-order valence-electron chi connectivity index (χ4n) is 2.87. The second-order valence-corrected chi connectivity index (χ2v) is 5.00. The molecule has 2 aliphatic heterocycles. The third kappa shape index (κ3) is 2.02. The van der Waals surface area contributed by atoms with Gasteiger partial charge in [-0.3, -0.25) is 4.99 Å². The van der Waals surface area contributed by atoms with E-state index in [1.807, 2.05) is 13.2 Å². The van der Waals surface area contributed by atoms with Crippen LogP contribution in [-0.2, 0) is 0 Å². The average Bonchev–Trinajstić information content (AvgIpc) is 2.86. The Kier molecular flexibility index (Phi) is 2.75. The van der Waals surface area contributed by atoms with Gasteiger partial charge in [0.1, 0.15) is 6.17 Å². The fraction of sp³-hybridized carbons (Fsp3) is 0.500. The van der Waals surface area contributed by atoms with Gasteiger partial charge in [-0.05, 0) is 31.0 Å².